The Morgan fingerprint density at radius 2 is 2.10 bits per heavy atom. The van der Waals surface area contributed by atoms with Crippen LogP contribution in [0.3, 0.4) is 0 Å². The Kier molecular flexibility index (Phi) is 5.05. The van der Waals surface area contributed by atoms with Crippen molar-refractivity contribution in [2.24, 2.45) is 0 Å². The highest BCUT2D eigenvalue weighted by Gasteiger charge is 2.23. The first-order valence-corrected chi connectivity index (χ1v) is 9.19. The van der Waals surface area contributed by atoms with Gasteiger partial charge in [0.2, 0.25) is 0 Å². The zero-order chi connectivity index (χ0) is 14.6. The van der Waals surface area contributed by atoms with Crippen LogP contribution in [0.15, 0.2) is 29.2 Å². The van der Waals surface area contributed by atoms with Crippen LogP contribution >= 0.6 is 0 Å². The van der Waals surface area contributed by atoms with Gasteiger partial charge in [0.05, 0.1) is 10.6 Å². The Morgan fingerprint density at radius 3 is 2.80 bits per heavy atom. The zero-order valence-corrected chi connectivity index (χ0v) is 13.1. The number of nitrogens with zero attached hydrogens (tertiary/aromatic N) is 1. The van der Waals surface area contributed by atoms with Gasteiger partial charge >= 0.3 is 0 Å². The molecule has 5 heteroatoms. The topological polar surface area (TPSA) is 49.4 Å². The minimum Gasteiger partial charge on any atom is -0.369 e. The molecule has 1 heterocycles. The summed E-state index contributed by atoms with van der Waals surface area (Å²) < 4.78 is 23.8. The molecular formula is C15H24N2O2S. The quantitative estimate of drug-likeness (QED) is 0.903. The third-order valence-corrected chi connectivity index (χ3v) is 4.85. The third kappa shape index (κ3) is 3.73. The molecule has 0 aliphatic carbocycles. The second-order valence-corrected chi connectivity index (χ2v) is 7.46. The van der Waals surface area contributed by atoms with Gasteiger partial charge in [-0.3, -0.25) is 0 Å². The van der Waals surface area contributed by atoms with Gasteiger partial charge in [-0.2, -0.15) is 0 Å². The molecule has 1 saturated heterocycles. The van der Waals surface area contributed by atoms with Crippen molar-refractivity contribution in [3.63, 3.8) is 0 Å². The molecule has 0 spiro atoms. The molecule has 1 N–H and O–H groups in total. The highest BCUT2D eigenvalue weighted by molar-refractivity contribution is 7.90. The van der Waals surface area contributed by atoms with Crippen LogP contribution in [0, 0.1) is 0 Å². The van der Waals surface area contributed by atoms with Gasteiger partial charge in [-0.05, 0) is 37.9 Å². The molecule has 1 aliphatic rings. The van der Waals surface area contributed by atoms with Crippen molar-refractivity contribution in [2.45, 2.75) is 37.1 Å². The molecule has 112 valence electrons. The van der Waals surface area contributed by atoms with Gasteiger partial charge in [0, 0.05) is 25.4 Å². The lowest BCUT2D eigenvalue weighted by atomic mass is 10.0. The van der Waals surface area contributed by atoms with E-state index in [9.17, 15) is 8.42 Å². The second-order valence-electron chi connectivity index (χ2n) is 5.48. The van der Waals surface area contributed by atoms with Crippen molar-refractivity contribution >= 4 is 15.5 Å². The number of benzene rings is 1. The molecule has 1 aromatic rings. The minimum absolute atomic E-state index is 0.441. The van der Waals surface area contributed by atoms with Crippen molar-refractivity contribution < 1.29 is 8.42 Å². The molecule has 1 fully saturated rings. The Balaban J connectivity index is 2.19. The fraction of sp³-hybridized carbons (Fsp3) is 0.600. The van der Waals surface area contributed by atoms with E-state index in [1.54, 1.807) is 12.1 Å². The van der Waals surface area contributed by atoms with Crippen LogP contribution in [0.5, 0.6) is 0 Å². The number of anilines is 1. The highest BCUT2D eigenvalue weighted by atomic mass is 32.2. The van der Waals surface area contributed by atoms with Crippen LogP contribution in [-0.4, -0.2) is 40.3 Å². The molecule has 20 heavy (non-hydrogen) atoms. The summed E-state index contributed by atoms with van der Waals surface area (Å²) in [7, 11) is -3.18. The largest absolute Gasteiger partial charge is 0.369 e. The molecule has 0 aromatic heterocycles. The standard InChI is InChI=1S/C15H24N2O2S/c1-3-10-16-13-7-6-11-17(12-13)14-8-4-5-9-15(14)20(2,18)19/h4-5,8-9,13,16H,3,6-7,10-12H2,1-2H3. The molecule has 0 radical (unpaired) electrons. The van der Waals surface area contributed by atoms with Crippen LogP contribution < -0.4 is 10.2 Å². The van der Waals surface area contributed by atoms with Gasteiger partial charge in [-0.15, -0.1) is 0 Å². The van der Waals surface area contributed by atoms with Crippen molar-refractivity contribution in [1.29, 1.82) is 0 Å². The van der Waals surface area contributed by atoms with Crippen LogP contribution in [0.2, 0.25) is 0 Å². The number of rotatable bonds is 5. The average molecular weight is 296 g/mol. The van der Waals surface area contributed by atoms with E-state index in [-0.39, 0.29) is 0 Å². The normalized spacial score (nSPS) is 20.1. The zero-order valence-electron chi connectivity index (χ0n) is 12.3. The summed E-state index contributed by atoms with van der Waals surface area (Å²) in [5.41, 5.74) is 0.845. The number of hydrogen-bond donors (Lipinski definition) is 1. The molecule has 0 amide bonds. The molecule has 2 rings (SSSR count). The van der Waals surface area contributed by atoms with E-state index in [0.29, 0.717) is 10.9 Å². The van der Waals surface area contributed by atoms with E-state index in [4.69, 9.17) is 0 Å². The number of hydrogen-bond acceptors (Lipinski definition) is 4. The minimum atomic E-state index is -3.18. The maximum atomic E-state index is 11.9. The predicted molar refractivity (Wildman–Crippen MR) is 83.1 cm³/mol. The Bertz CT molecular complexity index is 543. The second kappa shape index (κ2) is 6.59. The fourth-order valence-corrected chi connectivity index (χ4v) is 3.65. The van der Waals surface area contributed by atoms with Crippen molar-refractivity contribution in [3.8, 4) is 0 Å². The van der Waals surface area contributed by atoms with E-state index in [2.05, 4.69) is 17.1 Å². The summed E-state index contributed by atoms with van der Waals surface area (Å²) >= 11 is 0. The SMILES string of the molecule is CCCNC1CCCN(c2ccccc2S(C)(=O)=O)C1. The van der Waals surface area contributed by atoms with E-state index >= 15 is 0 Å². The third-order valence-electron chi connectivity index (χ3n) is 3.71. The maximum absolute atomic E-state index is 11.9. The van der Waals surface area contributed by atoms with Crippen molar-refractivity contribution in [3.05, 3.63) is 24.3 Å². The van der Waals surface area contributed by atoms with Gasteiger partial charge in [-0.1, -0.05) is 19.1 Å². The van der Waals surface area contributed by atoms with Crippen molar-refractivity contribution in [2.75, 3.05) is 30.8 Å². The lowest BCUT2D eigenvalue weighted by molar-refractivity contribution is 0.422. The number of para-hydroxylation sites is 1. The Hall–Kier alpha value is -1.07. The predicted octanol–water partition coefficient (Wildman–Crippen LogP) is 2.06. The first kappa shape index (κ1) is 15.3. The van der Waals surface area contributed by atoms with Gasteiger partial charge in [-0.25, -0.2) is 8.42 Å². The molecule has 1 aliphatic heterocycles. The first-order valence-electron chi connectivity index (χ1n) is 7.29. The monoisotopic (exact) mass is 296 g/mol. The van der Waals surface area contributed by atoms with Gasteiger partial charge in [0.25, 0.3) is 0 Å². The highest BCUT2D eigenvalue weighted by Crippen LogP contribution is 2.27. The Labute approximate surface area is 122 Å². The summed E-state index contributed by atoms with van der Waals surface area (Å²) in [6.07, 6.45) is 4.66. The van der Waals surface area contributed by atoms with Crippen molar-refractivity contribution in [1.82, 2.24) is 5.32 Å². The number of sulfone groups is 1. The van der Waals surface area contributed by atoms with Crippen LogP contribution in [0.1, 0.15) is 26.2 Å². The van der Waals surface area contributed by atoms with Crippen LogP contribution in [-0.2, 0) is 9.84 Å². The summed E-state index contributed by atoms with van der Waals surface area (Å²) in [5.74, 6) is 0. The molecule has 0 saturated carbocycles. The maximum Gasteiger partial charge on any atom is 0.177 e. The van der Waals surface area contributed by atoms with Crippen LogP contribution in [0.4, 0.5) is 5.69 Å². The lowest BCUT2D eigenvalue weighted by Gasteiger charge is -2.35. The van der Waals surface area contributed by atoms with E-state index in [0.717, 1.165) is 44.6 Å². The molecule has 1 aromatic carbocycles. The Morgan fingerprint density at radius 1 is 1.35 bits per heavy atom. The summed E-state index contributed by atoms with van der Waals surface area (Å²) in [6.45, 7) is 4.99. The van der Waals surface area contributed by atoms with Gasteiger partial charge in [0.1, 0.15) is 0 Å². The summed E-state index contributed by atoms with van der Waals surface area (Å²) in [6, 6.07) is 7.77. The van der Waals surface area contributed by atoms with Crippen LogP contribution in [0.25, 0.3) is 0 Å². The smallest absolute Gasteiger partial charge is 0.177 e. The lowest BCUT2D eigenvalue weighted by Crippen LogP contribution is -2.46. The summed E-state index contributed by atoms with van der Waals surface area (Å²) in [4.78, 5) is 2.64. The summed E-state index contributed by atoms with van der Waals surface area (Å²) in [5, 5.41) is 3.54. The first-order chi connectivity index (χ1) is 9.52. The van der Waals surface area contributed by atoms with E-state index in [1.165, 1.54) is 6.26 Å². The van der Waals surface area contributed by atoms with Gasteiger partial charge in [0.15, 0.2) is 9.84 Å². The molecule has 0 bridgehead atoms. The molecular weight excluding hydrogens is 272 g/mol. The van der Waals surface area contributed by atoms with Gasteiger partial charge < -0.3 is 10.2 Å². The van der Waals surface area contributed by atoms with E-state index in [1.807, 2.05) is 12.1 Å². The number of piperidine rings is 1. The molecule has 4 nitrogen and oxygen atoms in total. The molecule has 1 unspecified atom stereocenters. The van der Waals surface area contributed by atoms with E-state index < -0.39 is 9.84 Å². The molecule has 1 atom stereocenters. The number of nitrogens with one attached hydrogen (secondary N) is 1. The average Bonchev–Trinajstić information content (AvgIpc) is 2.44. The fourth-order valence-electron chi connectivity index (χ4n) is 2.74.